The van der Waals surface area contributed by atoms with Crippen molar-refractivity contribution in [3.8, 4) is 0 Å². The van der Waals surface area contributed by atoms with Gasteiger partial charge in [0, 0.05) is 11.4 Å². The number of thioether (sulfide) groups is 1. The van der Waals surface area contributed by atoms with E-state index in [0.717, 1.165) is 23.9 Å². The van der Waals surface area contributed by atoms with Crippen molar-refractivity contribution < 1.29 is 27.5 Å². The van der Waals surface area contributed by atoms with Gasteiger partial charge in [-0.2, -0.15) is 13.2 Å². The summed E-state index contributed by atoms with van der Waals surface area (Å²) in [5.74, 6) is -0.262. The smallest absolute Gasteiger partial charge is 0.416 e. The number of nitrogens with one attached hydrogen (secondary N) is 1. The Bertz CT molecular complexity index is 491. The number of hydrogen-bond acceptors (Lipinski definition) is 4. The number of rotatable bonds is 4. The molecule has 110 valence electrons. The molecule has 1 amide bonds. The molecule has 8 heteroatoms. The molecule has 0 aliphatic rings. The first-order valence-corrected chi connectivity index (χ1v) is 6.49. The second-order valence-electron chi connectivity index (χ2n) is 3.67. The summed E-state index contributed by atoms with van der Waals surface area (Å²) in [4.78, 5) is 22.3. The Morgan fingerprint density at radius 2 is 2.05 bits per heavy atom. The van der Waals surface area contributed by atoms with Gasteiger partial charge in [-0.05, 0) is 18.2 Å². The molecule has 0 fully saturated rings. The number of esters is 1. The van der Waals surface area contributed by atoms with E-state index in [1.54, 1.807) is 0 Å². The number of carbonyl (C=O) groups excluding carboxylic acids is 2. The Morgan fingerprint density at radius 1 is 1.35 bits per heavy atom. The van der Waals surface area contributed by atoms with Crippen molar-refractivity contribution in [3.05, 3.63) is 29.8 Å². The van der Waals surface area contributed by atoms with Gasteiger partial charge >= 0.3 is 12.1 Å². The highest BCUT2D eigenvalue weighted by molar-refractivity contribution is 8.13. The fourth-order valence-corrected chi connectivity index (χ4v) is 1.90. The molecule has 0 atom stereocenters. The van der Waals surface area contributed by atoms with Crippen LogP contribution >= 0.6 is 11.8 Å². The molecule has 0 aliphatic carbocycles. The van der Waals surface area contributed by atoms with Gasteiger partial charge in [0.2, 0.25) is 0 Å². The van der Waals surface area contributed by atoms with Crippen molar-refractivity contribution in [2.24, 2.45) is 0 Å². The number of alkyl halides is 3. The standard InChI is InChI=1S/C12H12F3NO3S/c1-19-10(17)5-6-20-11(18)16-9-4-2-3-8(7-9)12(13,14)15/h2-4,7H,5-6H2,1H3,(H,16,18). The third-order valence-electron chi connectivity index (χ3n) is 2.20. The molecular formula is C12H12F3NO3S. The number of anilines is 1. The second kappa shape index (κ2) is 7.18. The summed E-state index contributed by atoms with van der Waals surface area (Å²) in [5, 5.41) is 1.78. The molecule has 0 saturated heterocycles. The largest absolute Gasteiger partial charge is 0.469 e. The van der Waals surface area contributed by atoms with E-state index in [4.69, 9.17) is 0 Å². The second-order valence-corrected chi connectivity index (χ2v) is 4.73. The van der Waals surface area contributed by atoms with Gasteiger partial charge in [0.05, 0.1) is 19.1 Å². The molecule has 1 aromatic rings. The lowest BCUT2D eigenvalue weighted by Crippen LogP contribution is -2.10. The van der Waals surface area contributed by atoms with Crippen LogP contribution in [0.1, 0.15) is 12.0 Å². The Balaban J connectivity index is 2.52. The molecule has 1 rings (SSSR count). The van der Waals surface area contributed by atoms with Crippen molar-refractivity contribution >= 4 is 28.7 Å². The lowest BCUT2D eigenvalue weighted by molar-refractivity contribution is -0.140. The summed E-state index contributed by atoms with van der Waals surface area (Å²) in [6, 6.07) is 4.32. The first-order valence-electron chi connectivity index (χ1n) is 5.51. The summed E-state index contributed by atoms with van der Waals surface area (Å²) < 4.78 is 41.8. The van der Waals surface area contributed by atoms with E-state index in [2.05, 4.69) is 10.1 Å². The van der Waals surface area contributed by atoms with E-state index in [1.165, 1.54) is 19.2 Å². The maximum absolute atomic E-state index is 12.5. The van der Waals surface area contributed by atoms with Crippen molar-refractivity contribution in [1.82, 2.24) is 0 Å². The molecule has 0 spiro atoms. The van der Waals surface area contributed by atoms with Crippen LogP contribution < -0.4 is 5.32 Å². The summed E-state index contributed by atoms with van der Waals surface area (Å²) in [5.41, 5.74) is -0.787. The van der Waals surface area contributed by atoms with Crippen LogP contribution in [-0.2, 0) is 15.7 Å². The Labute approximate surface area is 117 Å². The lowest BCUT2D eigenvalue weighted by atomic mass is 10.2. The SMILES string of the molecule is COC(=O)CCSC(=O)Nc1cccc(C(F)(F)F)c1. The average Bonchev–Trinajstić information content (AvgIpc) is 2.37. The fourth-order valence-electron chi connectivity index (χ4n) is 1.26. The van der Waals surface area contributed by atoms with Crippen molar-refractivity contribution in [2.75, 3.05) is 18.2 Å². The molecule has 0 heterocycles. The molecule has 0 radical (unpaired) electrons. The Kier molecular flexibility index (Phi) is 5.87. The zero-order valence-electron chi connectivity index (χ0n) is 10.5. The van der Waals surface area contributed by atoms with Crippen LogP contribution in [0.2, 0.25) is 0 Å². The molecule has 1 N–H and O–H groups in total. The van der Waals surface area contributed by atoms with Crippen molar-refractivity contribution in [1.29, 1.82) is 0 Å². The van der Waals surface area contributed by atoms with Crippen molar-refractivity contribution in [2.45, 2.75) is 12.6 Å². The molecule has 0 saturated carbocycles. The monoisotopic (exact) mass is 307 g/mol. The van der Waals surface area contributed by atoms with Crippen LogP contribution in [0.15, 0.2) is 24.3 Å². The van der Waals surface area contributed by atoms with Crippen LogP contribution in [0.3, 0.4) is 0 Å². The minimum absolute atomic E-state index is 0.0513. The quantitative estimate of drug-likeness (QED) is 0.865. The van der Waals surface area contributed by atoms with Crippen LogP contribution in [-0.4, -0.2) is 24.1 Å². The van der Waals surface area contributed by atoms with Crippen molar-refractivity contribution in [3.63, 3.8) is 0 Å². The predicted molar refractivity (Wildman–Crippen MR) is 69.6 cm³/mol. The van der Waals surface area contributed by atoms with Crippen LogP contribution in [0.25, 0.3) is 0 Å². The van der Waals surface area contributed by atoms with E-state index in [9.17, 15) is 22.8 Å². The molecule has 0 bridgehead atoms. The summed E-state index contributed by atoms with van der Waals surface area (Å²) >= 11 is 0.796. The molecule has 20 heavy (non-hydrogen) atoms. The number of ether oxygens (including phenoxy) is 1. The highest BCUT2D eigenvalue weighted by Gasteiger charge is 2.30. The zero-order valence-corrected chi connectivity index (χ0v) is 11.3. The predicted octanol–water partition coefficient (Wildman–Crippen LogP) is 3.53. The fraction of sp³-hybridized carbons (Fsp3) is 0.333. The number of benzene rings is 1. The van der Waals surface area contributed by atoms with Gasteiger partial charge in [0.25, 0.3) is 5.24 Å². The number of methoxy groups -OCH3 is 1. The maximum Gasteiger partial charge on any atom is 0.416 e. The van der Waals surface area contributed by atoms with Crippen LogP contribution in [0.5, 0.6) is 0 Å². The zero-order chi connectivity index (χ0) is 15.2. The normalized spacial score (nSPS) is 11.0. The van der Waals surface area contributed by atoms with Gasteiger partial charge in [-0.15, -0.1) is 0 Å². The van der Waals surface area contributed by atoms with Gasteiger partial charge in [-0.1, -0.05) is 17.8 Å². The molecule has 0 aliphatic heterocycles. The highest BCUT2D eigenvalue weighted by Crippen LogP contribution is 2.30. The topological polar surface area (TPSA) is 55.4 Å². The number of halogens is 3. The van der Waals surface area contributed by atoms with E-state index < -0.39 is 22.9 Å². The molecule has 0 aromatic heterocycles. The van der Waals surface area contributed by atoms with Crippen LogP contribution in [0.4, 0.5) is 23.7 Å². The van der Waals surface area contributed by atoms with E-state index in [1.807, 2.05) is 0 Å². The minimum Gasteiger partial charge on any atom is -0.469 e. The average molecular weight is 307 g/mol. The van der Waals surface area contributed by atoms with Crippen LogP contribution in [0, 0.1) is 0 Å². The third-order valence-corrected chi connectivity index (χ3v) is 2.98. The summed E-state index contributed by atoms with van der Waals surface area (Å²) in [6.07, 6.45) is -4.41. The van der Waals surface area contributed by atoms with E-state index >= 15 is 0 Å². The molecule has 4 nitrogen and oxygen atoms in total. The summed E-state index contributed by atoms with van der Waals surface area (Å²) in [7, 11) is 1.23. The minimum atomic E-state index is -4.46. The molecule has 0 unspecified atom stereocenters. The Hall–Kier alpha value is -1.70. The number of amides is 1. The number of carbonyl (C=O) groups is 2. The maximum atomic E-state index is 12.5. The molecule has 1 aromatic carbocycles. The van der Waals surface area contributed by atoms with E-state index in [-0.39, 0.29) is 17.9 Å². The van der Waals surface area contributed by atoms with Gasteiger partial charge < -0.3 is 10.1 Å². The lowest BCUT2D eigenvalue weighted by Gasteiger charge is -2.09. The van der Waals surface area contributed by atoms with Gasteiger partial charge in [-0.3, -0.25) is 9.59 Å². The van der Waals surface area contributed by atoms with E-state index in [0.29, 0.717) is 0 Å². The van der Waals surface area contributed by atoms with Gasteiger partial charge in [0.15, 0.2) is 0 Å². The summed E-state index contributed by atoms with van der Waals surface area (Å²) in [6.45, 7) is 0. The first kappa shape index (κ1) is 16.4. The first-order chi connectivity index (χ1) is 9.32. The highest BCUT2D eigenvalue weighted by atomic mass is 32.2. The van der Waals surface area contributed by atoms with Gasteiger partial charge in [0.1, 0.15) is 0 Å². The Morgan fingerprint density at radius 3 is 2.65 bits per heavy atom. The molecular weight excluding hydrogens is 295 g/mol. The van der Waals surface area contributed by atoms with Gasteiger partial charge in [-0.25, -0.2) is 0 Å². The third kappa shape index (κ3) is 5.52. The number of hydrogen-bond donors (Lipinski definition) is 1.